The fraction of sp³-hybridized carbons (Fsp3) is 0.357. The van der Waals surface area contributed by atoms with Gasteiger partial charge in [0, 0.05) is 12.6 Å². The number of rotatable bonds is 3. The quantitative estimate of drug-likeness (QED) is 0.809. The Morgan fingerprint density at radius 3 is 2.82 bits per heavy atom. The van der Waals surface area contributed by atoms with E-state index in [0.29, 0.717) is 0 Å². The summed E-state index contributed by atoms with van der Waals surface area (Å²) in [6.45, 7) is 0.953. The normalized spacial score (nSPS) is 21.5. The summed E-state index contributed by atoms with van der Waals surface area (Å²) >= 11 is 0. The first-order chi connectivity index (χ1) is 10.3. The van der Waals surface area contributed by atoms with Crippen LogP contribution >= 0.6 is 0 Å². The van der Waals surface area contributed by atoms with Crippen molar-refractivity contribution in [2.24, 2.45) is 11.0 Å². The molecule has 0 spiro atoms. The van der Waals surface area contributed by atoms with E-state index < -0.39 is 23.8 Å². The van der Waals surface area contributed by atoms with Gasteiger partial charge in [0.25, 0.3) is 0 Å². The average molecular weight is 314 g/mol. The van der Waals surface area contributed by atoms with Gasteiger partial charge in [-0.25, -0.2) is 4.79 Å². The van der Waals surface area contributed by atoms with Gasteiger partial charge in [-0.3, -0.25) is 10.2 Å². The van der Waals surface area contributed by atoms with Crippen molar-refractivity contribution in [1.29, 1.82) is 0 Å². The average Bonchev–Trinajstić information content (AvgIpc) is 2.47. The summed E-state index contributed by atoms with van der Waals surface area (Å²) in [5, 5.41) is 3.71. The summed E-state index contributed by atoms with van der Waals surface area (Å²) in [5.74, 6) is -3.90. The molecular weight excluding hydrogens is 301 g/mol. The van der Waals surface area contributed by atoms with Crippen molar-refractivity contribution >= 4 is 17.5 Å². The molecule has 5 nitrogen and oxygen atoms in total. The molecule has 0 aromatic rings. The fourth-order valence-corrected chi connectivity index (χ4v) is 2.01. The van der Waals surface area contributed by atoms with E-state index in [2.05, 4.69) is 10.5 Å². The third-order valence-corrected chi connectivity index (χ3v) is 3.12. The number of esters is 1. The number of carbonyl (C=O) groups is 2. The van der Waals surface area contributed by atoms with E-state index in [1.54, 1.807) is 12.3 Å². The second-order valence-corrected chi connectivity index (χ2v) is 4.82. The minimum Gasteiger partial charge on any atom is -0.456 e. The molecule has 0 saturated heterocycles. The summed E-state index contributed by atoms with van der Waals surface area (Å²) in [7, 11) is 0. The number of allylic oxidation sites excluding steroid dienone is 3. The Labute approximate surface area is 124 Å². The molecule has 1 unspecified atom stereocenters. The molecule has 118 valence electrons. The first-order valence-corrected chi connectivity index (χ1v) is 6.43. The zero-order valence-electron chi connectivity index (χ0n) is 11.6. The van der Waals surface area contributed by atoms with Crippen LogP contribution in [0.1, 0.15) is 13.3 Å². The molecular formula is C14H13F3N2O3. The Kier molecular flexibility index (Phi) is 4.48. The van der Waals surface area contributed by atoms with E-state index in [0.717, 1.165) is 6.08 Å². The first kappa shape index (κ1) is 16.0. The van der Waals surface area contributed by atoms with Gasteiger partial charge in [0.2, 0.25) is 0 Å². The molecule has 0 aromatic carbocycles. The lowest BCUT2D eigenvalue weighted by atomic mass is 9.89. The minimum atomic E-state index is -4.66. The second kappa shape index (κ2) is 6.17. The number of alkyl halides is 3. The summed E-state index contributed by atoms with van der Waals surface area (Å²) in [4.78, 5) is 23.2. The maximum Gasteiger partial charge on any atom is 0.402 e. The van der Waals surface area contributed by atoms with Crippen LogP contribution in [0.2, 0.25) is 0 Å². The summed E-state index contributed by atoms with van der Waals surface area (Å²) in [6, 6.07) is 0. The highest BCUT2D eigenvalue weighted by molar-refractivity contribution is 6.36. The van der Waals surface area contributed by atoms with E-state index >= 15 is 0 Å². The number of carbonyl (C=O) groups excluding carboxylic acids is 2. The smallest absolute Gasteiger partial charge is 0.402 e. The highest BCUT2D eigenvalue weighted by Crippen LogP contribution is 2.33. The number of nitrogens with one attached hydrogen (secondary N) is 1. The van der Waals surface area contributed by atoms with Gasteiger partial charge in [-0.05, 0) is 24.1 Å². The van der Waals surface area contributed by atoms with Crippen molar-refractivity contribution in [2.75, 3.05) is 6.61 Å². The van der Waals surface area contributed by atoms with Gasteiger partial charge in [0.15, 0.2) is 5.78 Å². The van der Waals surface area contributed by atoms with Crippen LogP contribution in [-0.4, -0.2) is 30.2 Å². The molecule has 22 heavy (non-hydrogen) atoms. The van der Waals surface area contributed by atoms with Crippen molar-refractivity contribution in [2.45, 2.75) is 19.5 Å². The van der Waals surface area contributed by atoms with Crippen LogP contribution in [0, 0.1) is 5.92 Å². The minimum absolute atomic E-state index is 0.0181. The third kappa shape index (κ3) is 3.63. The molecule has 0 aromatic heterocycles. The molecule has 1 N–H and O–H groups in total. The number of halogens is 3. The maximum atomic E-state index is 12.8. The molecule has 1 aliphatic carbocycles. The first-order valence-electron chi connectivity index (χ1n) is 6.43. The molecule has 2 aliphatic rings. The maximum absolute atomic E-state index is 12.8. The number of nitrogens with zero attached hydrogens (tertiary/aromatic N) is 1. The number of Topliss-reactive ketones (excluding diaryl/α,β-unsaturated/α-hetero) is 1. The second-order valence-electron chi connectivity index (χ2n) is 4.82. The van der Waals surface area contributed by atoms with Crippen LogP contribution in [0.4, 0.5) is 13.2 Å². The Morgan fingerprint density at radius 2 is 2.23 bits per heavy atom. The highest BCUT2D eigenvalue weighted by Gasteiger charge is 2.44. The van der Waals surface area contributed by atoms with Crippen LogP contribution in [-0.2, 0) is 14.3 Å². The Morgan fingerprint density at radius 1 is 1.50 bits per heavy atom. The van der Waals surface area contributed by atoms with Gasteiger partial charge in [-0.2, -0.15) is 18.3 Å². The lowest BCUT2D eigenvalue weighted by Crippen LogP contribution is -2.32. The van der Waals surface area contributed by atoms with Crippen LogP contribution in [0.25, 0.3) is 0 Å². The molecule has 0 amide bonds. The number of hydrazone groups is 1. The summed E-state index contributed by atoms with van der Waals surface area (Å²) in [5.41, 5.74) is 2.72. The van der Waals surface area contributed by atoms with Gasteiger partial charge >= 0.3 is 12.1 Å². The van der Waals surface area contributed by atoms with E-state index in [1.807, 2.05) is 0 Å². The Balaban J connectivity index is 2.04. The van der Waals surface area contributed by atoms with Crippen molar-refractivity contribution in [1.82, 2.24) is 5.43 Å². The van der Waals surface area contributed by atoms with Crippen molar-refractivity contribution in [3.8, 4) is 0 Å². The largest absolute Gasteiger partial charge is 0.456 e. The monoisotopic (exact) mass is 314 g/mol. The van der Waals surface area contributed by atoms with Crippen molar-refractivity contribution < 1.29 is 27.5 Å². The number of ketones is 1. The molecule has 8 heteroatoms. The van der Waals surface area contributed by atoms with E-state index in [-0.39, 0.29) is 29.9 Å². The highest BCUT2D eigenvalue weighted by atomic mass is 19.4. The van der Waals surface area contributed by atoms with Gasteiger partial charge < -0.3 is 4.74 Å². The number of ether oxygens (including phenoxy) is 1. The zero-order chi connectivity index (χ0) is 16.3. The van der Waals surface area contributed by atoms with E-state index in [9.17, 15) is 22.8 Å². The predicted octanol–water partition coefficient (Wildman–Crippen LogP) is 2.03. The van der Waals surface area contributed by atoms with Crippen LogP contribution in [0.5, 0.6) is 0 Å². The topological polar surface area (TPSA) is 67.8 Å². The van der Waals surface area contributed by atoms with Crippen LogP contribution < -0.4 is 5.43 Å². The SMILES string of the molecule is CC1=CC(COC(=O)C2=NNC=CC2)=CC(C(F)(F)F)C1=O. The van der Waals surface area contributed by atoms with Gasteiger partial charge in [0.1, 0.15) is 18.2 Å². The van der Waals surface area contributed by atoms with Gasteiger partial charge in [0.05, 0.1) is 0 Å². The van der Waals surface area contributed by atoms with E-state index in [4.69, 9.17) is 4.74 Å². The van der Waals surface area contributed by atoms with Crippen molar-refractivity contribution in [3.63, 3.8) is 0 Å². The molecule has 2 rings (SSSR count). The zero-order valence-corrected chi connectivity index (χ0v) is 11.6. The lowest BCUT2D eigenvalue weighted by Gasteiger charge is -2.21. The molecule has 1 atom stereocenters. The standard InChI is InChI=1S/C14H13F3N2O3/c1-8-5-9(6-10(12(8)20)14(15,16)17)7-22-13(21)11-3-2-4-18-19-11/h2,4-6,10,18H,3,7H2,1H3. The van der Waals surface area contributed by atoms with E-state index in [1.165, 1.54) is 13.0 Å². The molecule has 1 aliphatic heterocycles. The van der Waals surface area contributed by atoms with Crippen molar-refractivity contribution in [3.05, 3.63) is 35.6 Å². The predicted molar refractivity (Wildman–Crippen MR) is 71.7 cm³/mol. The lowest BCUT2D eigenvalue weighted by molar-refractivity contribution is -0.169. The summed E-state index contributed by atoms with van der Waals surface area (Å²) < 4.78 is 43.3. The molecule has 0 bridgehead atoms. The molecule has 0 saturated carbocycles. The molecule has 1 heterocycles. The number of hydrogen-bond donors (Lipinski definition) is 1. The number of hydrogen-bond acceptors (Lipinski definition) is 5. The Bertz CT molecular complexity index is 615. The summed E-state index contributed by atoms with van der Waals surface area (Å²) in [6.07, 6.45) is 0.896. The molecule has 0 fully saturated rings. The fourth-order valence-electron chi connectivity index (χ4n) is 2.01. The third-order valence-electron chi connectivity index (χ3n) is 3.12. The van der Waals surface area contributed by atoms with Gasteiger partial charge in [-0.15, -0.1) is 0 Å². The van der Waals surface area contributed by atoms with Crippen LogP contribution in [0.3, 0.4) is 0 Å². The molecule has 0 radical (unpaired) electrons. The van der Waals surface area contributed by atoms with Crippen LogP contribution in [0.15, 0.2) is 40.7 Å². The Hall–Kier alpha value is -2.38. The van der Waals surface area contributed by atoms with Gasteiger partial charge in [-0.1, -0.05) is 12.2 Å².